The van der Waals surface area contributed by atoms with Crippen LogP contribution in [0.4, 0.5) is 4.79 Å². The van der Waals surface area contributed by atoms with Crippen molar-refractivity contribution in [3.63, 3.8) is 0 Å². The molecule has 268 valence electrons. The van der Waals surface area contributed by atoms with E-state index >= 15 is 0 Å². The van der Waals surface area contributed by atoms with Gasteiger partial charge in [0.25, 0.3) is 0 Å². The number of morpholine rings is 1. The van der Waals surface area contributed by atoms with Gasteiger partial charge in [-0.3, -0.25) is 23.7 Å². The summed E-state index contributed by atoms with van der Waals surface area (Å²) in [6.07, 6.45) is 1.06. The Morgan fingerprint density at radius 1 is 0.824 bits per heavy atom. The van der Waals surface area contributed by atoms with E-state index in [0.29, 0.717) is 55.7 Å². The number of ether oxygens (including phenoxy) is 1. The highest BCUT2D eigenvalue weighted by Gasteiger charge is 2.34. The molecule has 5 rings (SSSR count). The molecule has 4 aromatic rings. The highest BCUT2D eigenvalue weighted by Crippen LogP contribution is 2.22. The molecule has 1 aliphatic heterocycles. The van der Waals surface area contributed by atoms with Crippen LogP contribution in [-0.4, -0.2) is 107 Å². The van der Waals surface area contributed by atoms with Gasteiger partial charge in [0.05, 0.1) is 24.8 Å². The van der Waals surface area contributed by atoms with Gasteiger partial charge in [-0.2, -0.15) is 0 Å². The van der Waals surface area contributed by atoms with E-state index in [1.165, 1.54) is 16.4 Å². The number of hydrogen-bond acceptors (Lipinski definition) is 7. The Morgan fingerprint density at radius 3 is 2.08 bits per heavy atom. The lowest BCUT2D eigenvalue weighted by molar-refractivity contribution is -0.137. The van der Waals surface area contributed by atoms with Crippen molar-refractivity contribution >= 4 is 41.1 Å². The minimum absolute atomic E-state index is 0.0605. The number of carbonyl (C=O) groups excluding carboxylic acids is 5. The Hall–Kier alpha value is -5.53. The maximum Gasteiger partial charge on any atom is 0.318 e. The van der Waals surface area contributed by atoms with E-state index in [-0.39, 0.29) is 18.7 Å². The first-order valence-electron chi connectivity index (χ1n) is 16.9. The number of aliphatic hydroxyl groups is 1. The molecule has 1 fully saturated rings. The first-order valence-corrected chi connectivity index (χ1v) is 16.9. The second kappa shape index (κ2) is 17.4. The molecule has 0 aliphatic carbocycles. The standard InChI is InChI=1S/C38H44N6O7/c1-26(46)34(41-38(50)43-17-19-51-20-18-43)36(48)39-31(22-29-24-44(25-45)33-16-10-9-15-30(29)33)35(47)40-32(21-27-11-5-3-6-12-27)37(49)42(2)23-28-13-7-4-8-14-28/h3-16,24-26,31-32,34,46H,17-23H2,1-2H3,(H,39,48)(H,40,47)(H,41,50)/t26-,31-,32+,34+/m1/s1. The number of urea groups is 1. The summed E-state index contributed by atoms with van der Waals surface area (Å²) >= 11 is 0. The van der Waals surface area contributed by atoms with E-state index in [4.69, 9.17) is 4.74 Å². The summed E-state index contributed by atoms with van der Waals surface area (Å²) in [7, 11) is 1.66. The van der Waals surface area contributed by atoms with Gasteiger partial charge in [0.15, 0.2) is 0 Å². The van der Waals surface area contributed by atoms with Gasteiger partial charge in [-0.05, 0) is 29.7 Å². The highest BCUT2D eigenvalue weighted by molar-refractivity contribution is 5.95. The van der Waals surface area contributed by atoms with Gasteiger partial charge >= 0.3 is 6.03 Å². The van der Waals surface area contributed by atoms with Crippen molar-refractivity contribution in [2.45, 2.75) is 50.5 Å². The monoisotopic (exact) mass is 696 g/mol. The van der Waals surface area contributed by atoms with Crippen LogP contribution in [-0.2, 0) is 43.3 Å². The molecule has 0 bridgehead atoms. The second-order valence-electron chi connectivity index (χ2n) is 12.6. The van der Waals surface area contributed by atoms with E-state index in [1.54, 1.807) is 36.3 Å². The van der Waals surface area contributed by atoms with Crippen molar-refractivity contribution in [1.29, 1.82) is 0 Å². The van der Waals surface area contributed by atoms with Crippen LogP contribution in [0.15, 0.2) is 91.1 Å². The van der Waals surface area contributed by atoms with Gasteiger partial charge in [-0.25, -0.2) is 4.79 Å². The summed E-state index contributed by atoms with van der Waals surface area (Å²) in [6.45, 7) is 3.01. The summed E-state index contributed by atoms with van der Waals surface area (Å²) < 4.78 is 6.70. The summed E-state index contributed by atoms with van der Waals surface area (Å²) in [5.74, 6) is -1.78. The van der Waals surface area contributed by atoms with Crippen LogP contribution >= 0.6 is 0 Å². The maximum absolute atomic E-state index is 14.3. The summed E-state index contributed by atoms with van der Waals surface area (Å²) in [6, 6.07) is 21.7. The van der Waals surface area contributed by atoms with Gasteiger partial charge in [-0.1, -0.05) is 78.9 Å². The average Bonchev–Trinajstić information content (AvgIpc) is 3.51. The lowest BCUT2D eigenvalue weighted by Gasteiger charge is -2.31. The van der Waals surface area contributed by atoms with E-state index in [1.807, 2.05) is 66.7 Å². The molecule has 2 heterocycles. The first kappa shape index (κ1) is 36.7. The first-order chi connectivity index (χ1) is 24.6. The molecular weight excluding hydrogens is 652 g/mol. The topological polar surface area (TPSA) is 162 Å². The molecule has 4 N–H and O–H groups in total. The molecule has 0 unspecified atom stereocenters. The minimum Gasteiger partial charge on any atom is -0.391 e. The van der Waals surface area contributed by atoms with Crippen molar-refractivity contribution in [3.8, 4) is 0 Å². The zero-order valence-corrected chi connectivity index (χ0v) is 28.7. The molecular formula is C38H44N6O7. The molecule has 3 aromatic carbocycles. The van der Waals surface area contributed by atoms with Gasteiger partial charge in [-0.15, -0.1) is 0 Å². The lowest BCUT2D eigenvalue weighted by Crippen LogP contribution is -2.61. The Balaban J connectivity index is 1.43. The molecule has 5 amide bonds. The Labute approximate surface area is 296 Å². The molecule has 51 heavy (non-hydrogen) atoms. The highest BCUT2D eigenvalue weighted by atomic mass is 16.5. The average molecular weight is 697 g/mol. The fraction of sp³-hybridized carbons (Fsp3) is 0.342. The number of para-hydroxylation sites is 1. The SMILES string of the molecule is C[C@@H](O)[C@H](NC(=O)N1CCOCC1)C(=O)N[C@H](Cc1cn(C=O)c2ccccc12)C(=O)N[C@@H](Cc1ccccc1)C(=O)N(C)Cc1ccccc1. The molecule has 0 saturated carbocycles. The molecule has 4 atom stereocenters. The molecule has 0 radical (unpaired) electrons. The normalized spacial score (nSPS) is 15.2. The van der Waals surface area contributed by atoms with Crippen molar-refractivity contribution in [2.24, 2.45) is 0 Å². The lowest BCUT2D eigenvalue weighted by atomic mass is 10.0. The van der Waals surface area contributed by atoms with E-state index < -0.39 is 42.1 Å². The number of nitrogens with zero attached hydrogens (tertiary/aromatic N) is 3. The van der Waals surface area contributed by atoms with E-state index in [2.05, 4.69) is 16.0 Å². The number of hydrogen-bond donors (Lipinski definition) is 4. The van der Waals surface area contributed by atoms with Gasteiger partial charge in [0.1, 0.15) is 18.1 Å². The number of benzene rings is 3. The van der Waals surface area contributed by atoms with Crippen LogP contribution in [0.1, 0.15) is 23.6 Å². The Bertz CT molecular complexity index is 1810. The largest absolute Gasteiger partial charge is 0.391 e. The van der Waals surface area contributed by atoms with Crippen LogP contribution in [0.2, 0.25) is 0 Å². The zero-order chi connectivity index (χ0) is 36.3. The number of aliphatic hydroxyl groups excluding tert-OH is 1. The van der Waals surface area contributed by atoms with Crippen LogP contribution in [0, 0.1) is 0 Å². The van der Waals surface area contributed by atoms with Crippen LogP contribution < -0.4 is 16.0 Å². The van der Waals surface area contributed by atoms with Crippen molar-refractivity contribution < 1.29 is 33.8 Å². The fourth-order valence-corrected chi connectivity index (χ4v) is 6.14. The third kappa shape index (κ3) is 9.59. The predicted octanol–water partition coefficient (Wildman–Crippen LogP) is 1.88. The smallest absolute Gasteiger partial charge is 0.318 e. The fourth-order valence-electron chi connectivity index (χ4n) is 6.14. The van der Waals surface area contributed by atoms with Crippen LogP contribution in [0.5, 0.6) is 0 Å². The number of carbonyl (C=O) groups is 5. The third-order valence-electron chi connectivity index (χ3n) is 8.87. The van der Waals surface area contributed by atoms with Crippen molar-refractivity contribution in [1.82, 2.24) is 30.3 Å². The summed E-state index contributed by atoms with van der Waals surface area (Å²) in [5, 5.41) is 19.5. The summed E-state index contributed by atoms with van der Waals surface area (Å²) in [4.78, 5) is 70.0. The predicted molar refractivity (Wildman–Crippen MR) is 191 cm³/mol. The number of aromatic nitrogens is 1. The van der Waals surface area contributed by atoms with Gasteiger partial charge < -0.3 is 35.6 Å². The minimum atomic E-state index is -1.40. The summed E-state index contributed by atoms with van der Waals surface area (Å²) in [5.41, 5.74) is 2.94. The van der Waals surface area contributed by atoms with Crippen LogP contribution in [0.3, 0.4) is 0 Å². The quantitative estimate of drug-likeness (QED) is 0.146. The number of rotatable bonds is 14. The maximum atomic E-state index is 14.3. The molecule has 13 nitrogen and oxygen atoms in total. The molecule has 0 spiro atoms. The molecule has 1 saturated heterocycles. The van der Waals surface area contributed by atoms with Gasteiger partial charge in [0.2, 0.25) is 24.1 Å². The third-order valence-corrected chi connectivity index (χ3v) is 8.87. The molecule has 1 aromatic heterocycles. The Kier molecular flexibility index (Phi) is 12.5. The Morgan fingerprint density at radius 2 is 1.43 bits per heavy atom. The van der Waals surface area contributed by atoms with Crippen LogP contribution in [0.25, 0.3) is 10.9 Å². The number of amides is 5. The van der Waals surface area contributed by atoms with E-state index in [9.17, 15) is 29.1 Å². The number of fused-ring (bicyclic) bond motifs is 1. The zero-order valence-electron chi connectivity index (χ0n) is 28.7. The van der Waals surface area contributed by atoms with Crippen molar-refractivity contribution in [2.75, 3.05) is 33.4 Å². The van der Waals surface area contributed by atoms with Gasteiger partial charge in [0, 0.05) is 51.1 Å². The number of nitrogens with one attached hydrogen (secondary N) is 3. The molecule has 1 aliphatic rings. The number of likely N-dealkylation sites (N-methyl/N-ethyl adjacent to an activating group) is 1. The van der Waals surface area contributed by atoms with E-state index in [0.717, 1.165) is 11.1 Å². The van der Waals surface area contributed by atoms with Crippen molar-refractivity contribution in [3.05, 3.63) is 108 Å². The second-order valence-corrected chi connectivity index (χ2v) is 12.6. The molecule has 13 heteroatoms.